The van der Waals surface area contributed by atoms with Crippen molar-refractivity contribution in [2.45, 2.75) is 6.54 Å². The molecule has 7 nitrogen and oxygen atoms in total. The quantitative estimate of drug-likeness (QED) is 0.828. The number of rotatable bonds is 6. The number of carbonyl (C=O) groups excluding carboxylic acids is 2. The molecule has 2 heterocycles. The molecule has 1 aromatic heterocycles. The lowest BCUT2D eigenvalue weighted by molar-refractivity contribution is -0.131. The van der Waals surface area contributed by atoms with Gasteiger partial charge in [-0.3, -0.25) is 14.5 Å². The van der Waals surface area contributed by atoms with Gasteiger partial charge in [0.2, 0.25) is 5.91 Å². The Balaban J connectivity index is 1.43. The van der Waals surface area contributed by atoms with Crippen LogP contribution >= 0.6 is 0 Å². The van der Waals surface area contributed by atoms with Crippen LogP contribution < -0.4 is 10.1 Å². The maximum atomic E-state index is 13.8. The minimum atomic E-state index is -0.409. The van der Waals surface area contributed by atoms with E-state index in [-0.39, 0.29) is 29.8 Å². The van der Waals surface area contributed by atoms with Crippen LogP contribution in [-0.4, -0.2) is 61.4 Å². The first-order valence-electron chi connectivity index (χ1n) is 8.71. The number of piperazine rings is 1. The highest BCUT2D eigenvalue weighted by atomic mass is 19.1. The monoisotopic (exact) mass is 375 g/mol. The summed E-state index contributed by atoms with van der Waals surface area (Å²) in [4.78, 5) is 27.9. The molecule has 1 aliphatic heterocycles. The summed E-state index contributed by atoms with van der Waals surface area (Å²) >= 11 is 0. The standard InChI is InChI=1S/C19H22FN3O4/c1-26-16-5-4-14(11-15(16)20)13-22-6-8-23(9-7-22)18(24)12-21-19(25)17-3-2-10-27-17/h2-5,10-11H,6-9,12-13H2,1H3,(H,21,25). The van der Waals surface area contributed by atoms with Gasteiger partial charge in [0.25, 0.3) is 5.91 Å². The smallest absolute Gasteiger partial charge is 0.287 e. The number of furan rings is 1. The van der Waals surface area contributed by atoms with Gasteiger partial charge in [-0.2, -0.15) is 0 Å². The molecular formula is C19H22FN3O4. The highest BCUT2D eigenvalue weighted by Gasteiger charge is 2.22. The van der Waals surface area contributed by atoms with E-state index in [2.05, 4.69) is 10.2 Å². The Morgan fingerprint density at radius 2 is 2.00 bits per heavy atom. The van der Waals surface area contributed by atoms with E-state index in [1.54, 1.807) is 23.1 Å². The Hall–Kier alpha value is -2.87. The summed E-state index contributed by atoms with van der Waals surface area (Å²) in [5.41, 5.74) is 0.860. The van der Waals surface area contributed by atoms with Crippen molar-refractivity contribution in [2.24, 2.45) is 0 Å². The van der Waals surface area contributed by atoms with Crippen molar-refractivity contribution < 1.29 is 23.1 Å². The van der Waals surface area contributed by atoms with Crippen molar-refractivity contribution in [3.8, 4) is 5.75 Å². The molecule has 0 bridgehead atoms. The van der Waals surface area contributed by atoms with Crippen LogP contribution in [0, 0.1) is 5.82 Å². The van der Waals surface area contributed by atoms with Crippen LogP contribution in [-0.2, 0) is 11.3 Å². The summed E-state index contributed by atoms with van der Waals surface area (Å²) in [6.45, 7) is 3.04. The third-order valence-corrected chi connectivity index (χ3v) is 4.49. The summed E-state index contributed by atoms with van der Waals surface area (Å²) in [6, 6.07) is 8.08. The van der Waals surface area contributed by atoms with Gasteiger partial charge in [-0.25, -0.2) is 4.39 Å². The molecule has 27 heavy (non-hydrogen) atoms. The minimum absolute atomic E-state index is 0.0662. The number of ether oxygens (including phenoxy) is 1. The molecule has 2 amide bonds. The number of nitrogens with one attached hydrogen (secondary N) is 1. The third-order valence-electron chi connectivity index (χ3n) is 4.49. The number of nitrogens with zero attached hydrogens (tertiary/aromatic N) is 2. The Labute approximate surface area is 156 Å². The van der Waals surface area contributed by atoms with Crippen LogP contribution in [0.3, 0.4) is 0 Å². The average molecular weight is 375 g/mol. The summed E-state index contributed by atoms with van der Waals surface area (Å²) in [6.07, 6.45) is 1.41. The number of benzene rings is 1. The van der Waals surface area contributed by atoms with E-state index in [1.807, 2.05) is 6.07 Å². The highest BCUT2D eigenvalue weighted by Crippen LogP contribution is 2.19. The molecule has 0 atom stereocenters. The lowest BCUT2D eigenvalue weighted by Crippen LogP contribution is -2.50. The van der Waals surface area contributed by atoms with Crippen molar-refractivity contribution in [3.05, 3.63) is 53.7 Å². The molecule has 1 fully saturated rings. The van der Waals surface area contributed by atoms with Gasteiger partial charge in [-0.05, 0) is 29.8 Å². The molecule has 144 valence electrons. The Kier molecular flexibility index (Phi) is 6.08. The van der Waals surface area contributed by atoms with Gasteiger partial charge in [-0.1, -0.05) is 6.07 Å². The fourth-order valence-corrected chi connectivity index (χ4v) is 2.98. The molecule has 0 radical (unpaired) electrons. The minimum Gasteiger partial charge on any atom is -0.494 e. The van der Waals surface area contributed by atoms with E-state index in [4.69, 9.17) is 9.15 Å². The number of amides is 2. The van der Waals surface area contributed by atoms with Gasteiger partial charge in [0.15, 0.2) is 17.3 Å². The van der Waals surface area contributed by atoms with Crippen LogP contribution in [0.25, 0.3) is 0 Å². The van der Waals surface area contributed by atoms with Crippen molar-refractivity contribution in [1.82, 2.24) is 15.1 Å². The summed E-state index contributed by atoms with van der Waals surface area (Å²) in [7, 11) is 1.44. The van der Waals surface area contributed by atoms with E-state index in [9.17, 15) is 14.0 Å². The molecule has 1 aromatic carbocycles. The molecule has 8 heteroatoms. The van der Waals surface area contributed by atoms with E-state index >= 15 is 0 Å². The summed E-state index contributed by atoms with van der Waals surface area (Å²) in [5.74, 6) is -0.514. The maximum Gasteiger partial charge on any atom is 0.287 e. The van der Waals surface area contributed by atoms with E-state index in [0.717, 1.165) is 5.56 Å². The SMILES string of the molecule is COc1ccc(CN2CCN(C(=O)CNC(=O)c3ccco3)CC2)cc1F. The van der Waals surface area contributed by atoms with Crippen LogP contribution in [0.15, 0.2) is 41.0 Å². The number of carbonyl (C=O) groups is 2. The molecule has 3 rings (SSSR count). The Morgan fingerprint density at radius 1 is 1.22 bits per heavy atom. The van der Waals surface area contributed by atoms with Crippen molar-refractivity contribution >= 4 is 11.8 Å². The van der Waals surface area contributed by atoms with Gasteiger partial charge in [0, 0.05) is 32.7 Å². The molecule has 0 unspecified atom stereocenters. The van der Waals surface area contributed by atoms with Gasteiger partial charge in [-0.15, -0.1) is 0 Å². The fraction of sp³-hybridized carbons (Fsp3) is 0.368. The zero-order valence-electron chi connectivity index (χ0n) is 15.1. The number of hydrogen-bond acceptors (Lipinski definition) is 5. The lowest BCUT2D eigenvalue weighted by Gasteiger charge is -2.34. The first-order chi connectivity index (χ1) is 13.1. The second-order valence-electron chi connectivity index (χ2n) is 6.29. The largest absolute Gasteiger partial charge is 0.494 e. The first kappa shape index (κ1) is 18.9. The maximum absolute atomic E-state index is 13.8. The van der Waals surface area contributed by atoms with Crippen LogP contribution in [0.5, 0.6) is 5.75 Å². The van der Waals surface area contributed by atoms with Crippen molar-refractivity contribution in [3.63, 3.8) is 0 Å². The van der Waals surface area contributed by atoms with Crippen LogP contribution in [0.2, 0.25) is 0 Å². The predicted molar refractivity (Wildman–Crippen MR) is 95.9 cm³/mol. The van der Waals surface area contributed by atoms with Crippen LogP contribution in [0.1, 0.15) is 16.1 Å². The number of hydrogen-bond donors (Lipinski definition) is 1. The second-order valence-corrected chi connectivity index (χ2v) is 6.29. The number of halogens is 1. The predicted octanol–water partition coefficient (Wildman–Crippen LogP) is 1.50. The molecule has 1 saturated heterocycles. The molecule has 2 aromatic rings. The fourth-order valence-electron chi connectivity index (χ4n) is 2.98. The Bertz CT molecular complexity index is 786. The lowest BCUT2D eigenvalue weighted by atomic mass is 10.2. The molecule has 0 aliphatic carbocycles. The zero-order chi connectivity index (χ0) is 19.2. The third kappa shape index (κ3) is 4.85. The van der Waals surface area contributed by atoms with E-state index in [0.29, 0.717) is 32.7 Å². The van der Waals surface area contributed by atoms with Gasteiger partial charge < -0.3 is 19.4 Å². The van der Waals surface area contributed by atoms with Gasteiger partial charge >= 0.3 is 0 Å². The van der Waals surface area contributed by atoms with Gasteiger partial charge in [0.1, 0.15) is 0 Å². The summed E-state index contributed by atoms with van der Waals surface area (Å²) < 4.78 is 23.7. The second kappa shape index (κ2) is 8.68. The number of methoxy groups -OCH3 is 1. The topological polar surface area (TPSA) is 75.0 Å². The molecule has 0 spiro atoms. The molecule has 1 N–H and O–H groups in total. The zero-order valence-corrected chi connectivity index (χ0v) is 15.1. The average Bonchev–Trinajstić information content (AvgIpc) is 3.21. The highest BCUT2D eigenvalue weighted by molar-refractivity contribution is 5.94. The first-order valence-corrected chi connectivity index (χ1v) is 8.71. The van der Waals surface area contributed by atoms with Gasteiger partial charge in [0.05, 0.1) is 19.9 Å². The normalized spacial score (nSPS) is 14.8. The summed E-state index contributed by atoms with van der Waals surface area (Å²) in [5, 5.41) is 2.56. The van der Waals surface area contributed by atoms with E-state index in [1.165, 1.54) is 19.4 Å². The van der Waals surface area contributed by atoms with Crippen molar-refractivity contribution in [1.29, 1.82) is 0 Å². The van der Waals surface area contributed by atoms with E-state index < -0.39 is 5.91 Å². The molecule has 0 saturated carbocycles. The molecule has 1 aliphatic rings. The Morgan fingerprint density at radius 3 is 2.63 bits per heavy atom. The molecular weight excluding hydrogens is 353 g/mol. The van der Waals surface area contributed by atoms with Crippen LogP contribution in [0.4, 0.5) is 4.39 Å². The van der Waals surface area contributed by atoms with Crippen molar-refractivity contribution in [2.75, 3.05) is 39.8 Å².